The molecule has 1 saturated heterocycles. The van der Waals surface area contributed by atoms with Gasteiger partial charge in [-0.05, 0) is 50.2 Å². The highest BCUT2D eigenvalue weighted by Gasteiger charge is 2.14. The molecule has 0 spiro atoms. The summed E-state index contributed by atoms with van der Waals surface area (Å²) in [5.74, 6) is 0. The Labute approximate surface area is 121 Å². The van der Waals surface area contributed by atoms with Crippen LogP contribution in [0.3, 0.4) is 0 Å². The zero-order valence-corrected chi connectivity index (χ0v) is 11.9. The van der Waals surface area contributed by atoms with Gasteiger partial charge in [0.05, 0.1) is 0 Å². The molecule has 2 nitrogen and oxygen atoms in total. The molecule has 0 aromatic heterocycles. The zero-order chi connectivity index (χ0) is 13.6. The lowest BCUT2D eigenvalue weighted by molar-refractivity contribution is 0.348. The fourth-order valence-corrected chi connectivity index (χ4v) is 2.87. The van der Waals surface area contributed by atoms with Crippen molar-refractivity contribution in [3.63, 3.8) is 0 Å². The Hall–Kier alpha value is -1.80. The van der Waals surface area contributed by atoms with Crippen LogP contribution in [-0.4, -0.2) is 31.1 Å². The molecule has 3 rings (SSSR count). The Bertz CT molecular complexity index is 464. The Kier molecular flexibility index (Phi) is 4.34. The van der Waals surface area contributed by atoms with E-state index < -0.39 is 0 Å². The van der Waals surface area contributed by atoms with Crippen LogP contribution in [0.1, 0.15) is 12.8 Å². The van der Waals surface area contributed by atoms with Gasteiger partial charge in [0.25, 0.3) is 0 Å². The molecule has 0 N–H and O–H groups in total. The average Bonchev–Trinajstić information content (AvgIpc) is 3.03. The quantitative estimate of drug-likeness (QED) is 0.809. The maximum Gasteiger partial charge on any atom is 0.0411 e. The Balaban J connectivity index is 1.76. The van der Waals surface area contributed by atoms with Crippen LogP contribution in [0.5, 0.6) is 0 Å². The van der Waals surface area contributed by atoms with Gasteiger partial charge in [0, 0.05) is 24.5 Å². The van der Waals surface area contributed by atoms with E-state index in [2.05, 4.69) is 70.5 Å². The van der Waals surface area contributed by atoms with Crippen molar-refractivity contribution in [2.45, 2.75) is 12.8 Å². The minimum absolute atomic E-state index is 1.05. The molecular weight excluding hydrogens is 244 g/mol. The first kappa shape index (κ1) is 13.2. The van der Waals surface area contributed by atoms with Crippen LogP contribution in [0.2, 0.25) is 0 Å². The van der Waals surface area contributed by atoms with Gasteiger partial charge >= 0.3 is 0 Å². The fourth-order valence-electron chi connectivity index (χ4n) is 2.87. The van der Waals surface area contributed by atoms with Crippen LogP contribution in [0, 0.1) is 0 Å². The predicted molar refractivity (Wildman–Crippen MR) is 85.6 cm³/mol. The number of hydrogen-bond donors (Lipinski definition) is 0. The third-order valence-corrected chi connectivity index (χ3v) is 3.97. The lowest BCUT2D eigenvalue weighted by Crippen LogP contribution is -2.31. The van der Waals surface area contributed by atoms with E-state index in [9.17, 15) is 0 Å². The Morgan fingerprint density at radius 2 is 1.25 bits per heavy atom. The largest absolute Gasteiger partial charge is 0.340 e. The number of nitrogens with zero attached hydrogens (tertiary/aromatic N) is 2. The summed E-state index contributed by atoms with van der Waals surface area (Å²) in [6.07, 6.45) is 2.72. The molecule has 2 aromatic carbocycles. The number of anilines is 2. The second-order valence-corrected chi connectivity index (χ2v) is 5.37. The second kappa shape index (κ2) is 6.58. The van der Waals surface area contributed by atoms with Gasteiger partial charge in [-0.1, -0.05) is 36.4 Å². The summed E-state index contributed by atoms with van der Waals surface area (Å²) in [6, 6.07) is 21.4. The first-order valence-electron chi connectivity index (χ1n) is 7.53. The van der Waals surface area contributed by atoms with Gasteiger partial charge in [-0.2, -0.15) is 0 Å². The van der Waals surface area contributed by atoms with Crippen molar-refractivity contribution in [3.05, 3.63) is 60.7 Å². The van der Waals surface area contributed by atoms with E-state index in [1.165, 1.54) is 37.3 Å². The molecule has 0 radical (unpaired) electrons. The van der Waals surface area contributed by atoms with Gasteiger partial charge in [-0.15, -0.1) is 0 Å². The third-order valence-electron chi connectivity index (χ3n) is 3.97. The van der Waals surface area contributed by atoms with Crippen molar-refractivity contribution < 1.29 is 0 Å². The molecule has 0 saturated carbocycles. The molecule has 2 aromatic rings. The van der Waals surface area contributed by atoms with Crippen LogP contribution in [-0.2, 0) is 0 Å². The van der Waals surface area contributed by atoms with E-state index in [1.54, 1.807) is 0 Å². The summed E-state index contributed by atoms with van der Waals surface area (Å²) in [7, 11) is 0. The molecule has 2 heteroatoms. The summed E-state index contributed by atoms with van der Waals surface area (Å²) in [6.45, 7) is 4.71. The van der Waals surface area contributed by atoms with E-state index in [0.717, 1.165) is 13.1 Å². The first-order chi connectivity index (χ1) is 9.93. The van der Waals surface area contributed by atoms with Gasteiger partial charge in [0.15, 0.2) is 0 Å². The van der Waals surface area contributed by atoms with E-state index in [0.29, 0.717) is 0 Å². The van der Waals surface area contributed by atoms with Crippen LogP contribution in [0.4, 0.5) is 11.4 Å². The van der Waals surface area contributed by atoms with E-state index >= 15 is 0 Å². The molecule has 0 amide bonds. The minimum Gasteiger partial charge on any atom is -0.340 e. The van der Waals surface area contributed by atoms with Crippen molar-refractivity contribution in [1.82, 2.24) is 4.90 Å². The highest BCUT2D eigenvalue weighted by molar-refractivity contribution is 5.62. The highest BCUT2D eigenvalue weighted by atomic mass is 15.2. The van der Waals surface area contributed by atoms with Crippen LogP contribution in [0.25, 0.3) is 0 Å². The molecule has 1 heterocycles. The summed E-state index contributed by atoms with van der Waals surface area (Å²) >= 11 is 0. The van der Waals surface area contributed by atoms with E-state index in [1.807, 2.05) is 0 Å². The van der Waals surface area contributed by atoms with Crippen LogP contribution < -0.4 is 4.90 Å². The number of rotatable bonds is 5. The first-order valence-corrected chi connectivity index (χ1v) is 7.53. The smallest absolute Gasteiger partial charge is 0.0411 e. The number of benzene rings is 2. The molecular formula is C18H22N2. The molecule has 104 valence electrons. The Morgan fingerprint density at radius 3 is 1.75 bits per heavy atom. The number of para-hydroxylation sites is 2. The molecule has 1 fully saturated rings. The van der Waals surface area contributed by atoms with Crippen molar-refractivity contribution in [1.29, 1.82) is 0 Å². The van der Waals surface area contributed by atoms with E-state index in [-0.39, 0.29) is 0 Å². The van der Waals surface area contributed by atoms with Crippen molar-refractivity contribution >= 4 is 11.4 Å². The van der Waals surface area contributed by atoms with Crippen molar-refractivity contribution in [2.75, 3.05) is 31.1 Å². The van der Waals surface area contributed by atoms with Crippen LogP contribution >= 0.6 is 0 Å². The summed E-state index contributed by atoms with van der Waals surface area (Å²) in [4.78, 5) is 4.98. The molecule has 1 aliphatic rings. The van der Waals surface area contributed by atoms with Gasteiger partial charge in [0.1, 0.15) is 0 Å². The number of hydrogen-bond acceptors (Lipinski definition) is 2. The standard InChI is InChI=1S/C18H22N2/c1-3-9-17(10-4-1)20(18-11-5-2-6-12-18)16-15-19-13-7-8-14-19/h1-6,9-12H,7-8,13-16H2. The van der Waals surface area contributed by atoms with Crippen molar-refractivity contribution in [3.8, 4) is 0 Å². The van der Waals surface area contributed by atoms with Gasteiger partial charge in [0.2, 0.25) is 0 Å². The van der Waals surface area contributed by atoms with E-state index in [4.69, 9.17) is 0 Å². The zero-order valence-electron chi connectivity index (χ0n) is 11.9. The monoisotopic (exact) mass is 266 g/mol. The minimum atomic E-state index is 1.05. The molecule has 1 aliphatic heterocycles. The second-order valence-electron chi connectivity index (χ2n) is 5.37. The fraction of sp³-hybridized carbons (Fsp3) is 0.333. The normalized spacial score (nSPS) is 15.4. The average molecular weight is 266 g/mol. The number of likely N-dealkylation sites (tertiary alicyclic amines) is 1. The van der Waals surface area contributed by atoms with Crippen LogP contribution in [0.15, 0.2) is 60.7 Å². The molecule has 0 unspecified atom stereocenters. The van der Waals surface area contributed by atoms with Gasteiger partial charge in [-0.3, -0.25) is 0 Å². The molecule has 0 atom stereocenters. The van der Waals surface area contributed by atoms with Gasteiger partial charge in [-0.25, -0.2) is 0 Å². The summed E-state index contributed by atoms with van der Waals surface area (Å²) in [5.41, 5.74) is 2.55. The topological polar surface area (TPSA) is 6.48 Å². The highest BCUT2D eigenvalue weighted by Crippen LogP contribution is 2.24. The predicted octanol–water partition coefficient (Wildman–Crippen LogP) is 3.92. The lowest BCUT2D eigenvalue weighted by atomic mass is 10.2. The molecule has 0 bridgehead atoms. The maximum atomic E-state index is 2.57. The SMILES string of the molecule is c1ccc(N(CCN2CCCC2)c2ccccc2)cc1. The molecule has 20 heavy (non-hydrogen) atoms. The molecule has 0 aliphatic carbocycles. The maximum absolute atomic E-state index is 2.57. The lowest BCUT2D eigenvalue weighted by Gasteiger charge is -2.27. The summed E-state index contributed by atoms with van der Waals surface area (Å²) < 4.78 is 0. The van der Waals surface area contributed by atoms with Gasteiger partial charge < -0.3 is 9.80 Å². The summed E-state index contributed by atoms with van der Waals surface area (Å²) in [5, 5.41) is 0. The Morgan fingerprint density at radius 1 is 0.750 bits per heavy atom. The third kappa shape index (κ3) is 3.20. The van der Waals surface area contributed by atoms with Crippen molar-refractivity contribution in [2.24, 2.45) is 0 Å².